The van der Waals surface area contributed by atoms with Gasteiger partial charge in [0.25, 0.3) is 0 Å². The normalized spacial score (nSPS) is 13.4. The first-order chi connectivity index (χ1) is 9.10. The van der Waals surface area contributed by atoms with E-state index in [4.69, 9.17) is 0 Å². The van der Waals surface area contributed by atoms with Crippen molar-refractivity contribution in [2.45, 2.75) is 79.2 Å². The van der Waals surface area contributed by atoms with E-state index in [0.29, 0.717) is 6.04 Å². The van der Waals surface area contributed by atoms with E-state index in [1.807, 2.05) is 0 Å². The van der Waals surface area contributed by atoms with Gasteiger partial charge in [-0.3, -0.25) is 0 Å². The summed E-state index contributed by atoms with van der Waals surface area (Å²) in [6.45, 7) is 16.5. The van der Waals surface area contributed by atoms with Crippen molar-refractivity contribution in [2.75, 3.05) is 26.2 Å². The second-order valence-corrected chi connectivity index (χ2v) is 6.36. The highest BCUT2D eigenvalue weighted by molar-refractivity contribution is 4.64. The molecule has 1 N–H and O–H groups in total. The molecule has 0 aromatic rings. The van der Waals surface area contributed by atoms with Gasteiger partial charge in [-0.15, -0.1) is 0 Å². The van der Waals surface area contributed by atoms with Gasteiger partial charge in [0, 0.05) is 12.6 Å². The molecular weight excluding hydrogens is 232 g/mol. The third kappa shape index (κ3) is 12.7. The zero-order chi connectivity index (χ0) is 14.5. The molecule has 0 bridgehead atoms. The lowest BCUT2D eigenvalue weighted by molar-refractivity contribution is 0.226. The Labute approximate surface area is 122 Å². The lowest BCUT2D eigenvalue weighted by atomic mass is 10.0. The van der Waals surface area contributed by atoms with Gasteiger partial charge >= 0.3 is 0 Å². The average Bonchev–Trinajstić information content (AvgIpc) is 2.35. The summed E-state index contributed by atoms with van der Waals surface area (Å²) in [5.41, 5.74) is 0. The van der Waals surface area contributed by atoms with E-state index in [9.17, 15) is 0 Å². The lowest BCUT2D eigenvalue weighted by Gasteiger charge is -2.25. The molecule has 0 aliphatic rings. The van der Waals surface area contributed by atoms with Gasteiger partial charge in [-0.25, -0.2) is 0 Å². The summed E-state index contributed by atoms with van der Waals surface area (Å²) >= 11 is 0. The Bertz CT molecular complexity index is 180. The predicted molar refractivity (Wildman–Crippen MR) is 87.8 cm³/mol. The van der Waals surface area contributed by atoms with Crippen LogP contribution in [0.1, 0.15) is 73.1 Å². The van der Waals surface area contributed by atoms with Gasteiger partial charge in [0.1, 0.15) is 0 Å². The number of nitrogens with zero attached hydrogens (tertiary/aromatic N) is 1. The monoisotopic (exact) mass is 270 g/mol. The minimum absolute atomic E-state index is 0.626. The van der Waals surface area contributed by atoms with Crippen LogP contribution < -0.4 is 5.32 Å². The summed E-state index contributed by atoms with van der Waals surface area (Å²) in [6, 6.07) is 0.626. The Balaban J connectivity index is 3.72. The van der Waals surface area contributed by atoms with E-state index in [2.05, 4.69) is 44.8 Å². The second kappa shape index (κ2) is 12.9. The van der Waals surface area contributed by atoms with Crippen LogP contribution in [0.25, 0.3) is 0 Å². The van der Waals surface area contributed by atoms with Crippen molar-refractivity contribution in [1.82, 2.24) is 10.2 Å². The first-order valence-electron chi connectivity index (χ1n) is 8.55. The highest BCUT2D eigenvalue weighted by atomic mass is 15.1. The average molecular weight is 271 g/mol. The molecular formula is C17H38N2. The summed E-state index contributed by atoms with van der Waals surface area (Å²) in [7, 11) is 0. The molecule has 116 valence electrons. The minimum Gasteiger partial charge on any atom is -0.315 e. The van der Waals surface area contributed by atoms with Gasteiger partial charge in [0.2, 0.25) is 0 Å². The van der Waals surface area contributed by atoms with Crippen LogP contribution in [0.5, 0.6) is 0 Å². The van der Waals surface area contributed by atoms with Crippen LogP contribution in [-0.2, 0) is 0 Å². The highest BCUT2D eigenvalue weighted by Crippen LogP contribution is 2.09. The van der Waals surface area contributed by atoms with Gasteiger partial charge in [-0.05, 0) is 51.2 Å². The molecule has 2 heteroatoms. The van der Waals surface area contributed by atoms with Crippen molar-refractivity contribution >= 4 is 0 Å². The molecule has 0 saturated heterocycles. The SMILES string of the molecule is CCCCCN(CCC)CC(C)CCCNC(C)C. The van der Waals surface area contributed by atoms with Crippen LogP contribution in [-0.4, -0.2) is 37.1 Å². The number of unbranched alkanes of at least 4 members (excludes halogenated alkanes) is 2. The van der Waals surface area contributed by atoms with E-state index < -0.39 is 0 Å². The van der Waals surface area contributed by atoms with Crippen molar-refractivity contribution in [1.29, 1.82) is 0 Å². The maximum Gasteiger partial charge on any atom is 0.00103 e. The van der Waals surface area contributed by atoms with Crippen molar-refractivity contribution < 1.29 is 0 Å². The highest BCUT2D eigenvalue weighted by Gasteiger charge is 2.09. The summed E-state index contributed by atoms with van der Waals surface area (Å²) in [4.78, 5) is 2.68. The predicted octanol–water partition coefficient (Wildman–Crippen LogP) is 4.30. The molecule has 0 amide bonds. The first kappa shape index (κ1) is 18.9. The van der Waals surface area contributed by atoms with Crippen LogP contribution in [0.4, 0.5) is 0 Å². The number of nitrogens with one attached hydrogen (secondary N) is 1. The molecule has 0 spiro atoms. The van der Waals surface area contributed by atoms with E-state index in [1.165, 1.54) is 64.7 Å². The molecule has 0 aliphatic carbocycles. The third-order valence-electron chi connectivity index (χ3n) is 3.61. The second-order valence-electron chi connectivity index (χ2n) is 6.36. The maximum absolute atomic E-state index is 3.51. The number of hydrogen-bond acceptors (Lipinski definition) is 2. The fourth-order valence-electron chi connectivity index (χ4n) is 2.57. The third-order valence-corrected chi connectivity index (χ3v) is 3.61. The zero-order valence-electron chi connectivity index (χ0n) is 14.2. The van der Waals surface area contributed by atoms with E-state index in [-0.39, 0.29) is 0 Å². The Hall–Kier alpha value is -0.0800. The Morgan fingerprint density at radius 1 is 0.895 bits per heavy atom. The number of hydrogen-bond donors (Lipinski definition) is 1. The Morgan fingerprint density at radius 2 is 1.63 bits per heavy atom. The summed E-state index contributed by atoms with van der Waals surface area (Å²) in [5.74, 6) is 0.835. The summed E-state index contributed by atoms with van der Waals surface area (Å²) in [6.07, 6.45) is 8.04. The summed E-state index contributed by atoms with van der Waals surface area (Å²) < 4.78 is 0. The molecule has 0 rings (SSSR count). The topological polar surface area (TPSA) is 15.3 Å². The molecule has 2 nitrogen and oxygen atoms in total. The van der Waals surface area contributed by atoms with E-state index in [0.717, 1.165) is 5.92 Å². The Kier molecular flexibility index (Phi) is 12.9. The smallest absolute Gasteiger partial charge is 0.00103 e. The van der Waals surface area contributed by atoms with Crippen LogP contribution in [0.3, 0.4) is 0 Å². The molecule has 19 heavy (non-hydrogen) atoms. The zero-order valence-corrected chi connectivity index (χ0v) is 14.2. The standard InChI is InChI=1S/C17H38N2/c1-6-8-9-14-19(13-7-2)15-17(5)11-10-12-18-16(3)4/h16-18H,6-15H2,1-5H3. The molecule has 0 radical (unpaired) electrons. The minimum atomic E-state index is 0.626. The molecule has 0 aromatic carbocycles. The van der Waals surface area contributed by atoms with Crippen LogP contribution in [0.2, 0.25) is 0 Å². The fourth-order valence-corrected chi connectivity index (χ4v) is 2.57. The van der Waals surface area contributed by atoms with Crippen molar-refractivity contribution in [3.8, 4) is 0 Å². The van der Waals surface area contributed by atoms with Gasteiger partial charge in [-0.1, -0.05) is 47.5 Å². The molecule has 0 aliphatic heterocycles. The van der Waals surface area contributed by atoms with Crippen molar-refractivity contribution in [3.63, 3.8) is 0 Å². The maximum atomic E-state index is 3.51. The van der Waals surface area contributed by atoms with E-state index in [1.54, 1.807) is 0 Å². The number of rotatable bonds is 13. The summed E-state index contributed by atoms with van der Waals surface area (Å²) in [5, 5.41) is 3.51. The van der Waals surface area contributed by atoms with Gasteiger partial charge < -0.3 is 10.2 Å². The van der Waals surface area contributed by atoms with Crippen molar-refractivity contribution in [2.24, 2.45) is 5.92 Å². The van der Waals surface area contributed by atoms with Gasteiger partial charge in [0.15, 0.2) is 0 Å². The fraction of sp³-hybridized carbons (Fsp3) is 1.00. The molecule has 0 heterocycles. The van der Waals surface area contributed by atoms with E-state index >= 15 is 0 Å². The molecule has 0 aromatic heterocycles. The van der Waals surface area contributed by atoms with Crippen LogP contribution in [0, 0.1) is 5.92 Å². The molecule has 1 unspecified atom stereocenters. The first-order valence-corrected chi connectivity index (χ1v) is 8.55. The van der Waals surface area contributed by atoms with Gasteiger partial charge in [0.05, 0.1) is 0 Å². The van der Waals surface area contributed by atoms with Crippen LogP contribution in [0.15, 0.2) is 0 Å². The van der Waals surface area contributed by atoms with Crippen LogP contribution >= 0.6 is 0 Å². The largest absolute Gasteiger partial charge is 0.315 e. The molecule has 0 fully saturated rings. The lowest BCUT2D eigenvalue weighted by Crippen LogP contribution is -2.31. The van der Waals surface area contributed by atoms with Crippen molar-refractivity contribution in [3.05, 3.63) is 0 Å². The van der Waals surface area contributed by atoms with Gasteiger partial charge in [-0.2, -0.15) is 0 Å². The Morgan fingerprint density at radius 3 is 2.21 bits per heavy atom. The molecule has 1 atom stereocenters. The quantitative estimate of drug-likeness (QED) is 0.502. The molecule has 0 saturated carbocycles.